The minimum atomic E-state index is 0. The van der Waals surface area contributed by atoms with Crippen LogP contribution in [0.3, 0.4) is 0 Å². The van der Waals surface area contributed by atoms with E-state index in [-0.39, 0.29) is 17.0 Å². The zero-order chi connectivity index (χ0) is 9.07. The van der Waals surface area contributed by atoms with E-state index in [1.807, 2.05) is 0 Å². The number of quaternary nitrogens is 1. The largest absolute Gasteiger partial charge is 1.00 e. The quantitative estimate of drug-likeness (QED) is 0.549. The summed E-state index contributed by atoms with van der Waals surface area (Å²) in [6.45, 7) is 3.39. The Morgan fingerprint density at radius 2 is 1.08 bits per heavy atom. The molecule has 0 aromatic rings. The van der Waals surface area contributed by atoms with Crippen LogP contribution in [0.25, 0.3) is 0 Å². The van der Waals surface area contributed by atoms with E-state index < -0.39 is 0 Å². The summed E-state index contributed by atoms with van der Waals surface area (Å²) in [4.78, 5) is 0. The van der Waals surface area contributed by atoms with Gasteiger partial charge in [-0.1, -0.05) is 51.9 Å². The smallest absolute Gasteiger partial charge is 0.0739 e. The van der Waals surface area contributed by atoms with Gasteiger partial charge in [-0.15, -0.1) is 0 Å². The molecule has 0 saturated heterocycles. The lowest BCUT2D eigenvalue weighted by molar-refractivity contribution is -0.368. The van der Waals surface area contributed by atoms with Gasteiger partial charge in [0.2, 0.25) is 0 Å². The van der Waals surface area contributed by atoms with Crippen molar-refractivity contribution in [1.82, 2.24) is 0 Å². The SMILES string of the molecule is CCCCCCCCCCC[NH3+].[Br-]. The summed E-state index contributed by atoms with van der Waals surface area (Å²) in [5.41, 5.74) is 3.84. The van der Waals surface area contributed by atoms with E-state index in [9.17, 15) is 0 Å². The minimum Gasteiger partial charge on any atom is -1.00 e. The number of hydrogen-bond acceptors (Lipinski definition) is 0. The third-order valence-corrected chi connectivity index (χ3v) is 2.35. The molecule has 0 aliphatic rings. The Hall–Kier alpha value is 0.440. The maximum Gasteiger partial charge on any atom is 0.0739 e. The first-order valence-corrected chi connectivity index (χ1v) is 5.71. The molecule has 0 amide bonds. The second-order valence-electron chi connectivity index (χ2n) is 3.68. The highest BCUT2D eigenvalue weighted by Gasteiger charge is 1.90. The molecule has 0 heterocycles. The first-order chi connectivity index (χ1) is 5.91. The van der Waals surface area contributed by atoms with Crippen LogP contribution < -0.4 is 22.7 Å². The van der Waals surface area contributed by atoms with Crippen molar-refractivity contribution in [2.45, 2.75) is 64.7 Å². The van der Waals surface area contributed by atoms with Gasteiger partial charge in [0.25, 0.3) is 0 Å². The van der Waals surface area contributed by atoms with Crippen molar-refractivity contribution in [3.05, 3.63) is 0 Å². The van der Waals surface area contributed by atoms with E-state index in [1.165, 1.54) is 57.8 Å². The van der Waals surface area contributed by atoms with Crippen LogP contribution in [0.15, 0.2) is 0 Å². The molecule has 0 atom stereocenters. The highest BCUT2D eigenvalue weighted by molar-refractivity contribution is 4.45. The molecule has 0 aliphatic carbocycles. The Morgan fingerprint density at radius 3 is 1.46 bits per heavy atom. The van der Waals surface area contributed by atoms with Crippen LogP contribution in [0.2, 0.25) is 0 Å². The van der Waals surface area contributed by atoms with E-state index in [4.69, 9.17) is 0 Å². The lowest BCUT2D eigenvalue weighted by Crippen LogP contribution is -3.00. The van der Waals surface area contributed by atoms with Gasteiger partial charge in [-0.05, 0) is 12.8 Å². The average molecular weight is 252 g/mol. The fourth-order valence-corrected chi connectivity index (χ4v) is 1.49. The van der Waals surface area contributed by atoms with Gasteiger partial charge in [0.05, 0.1) is 6.54 Å². The third-order valence-electron chi connectivity index (χ3n) is 2.35. The summed E-state index contributed by atoms with van der Waals surface area (Å²) in [5, 5.41) is 0. The van der Waals surface area contributed by atoms with E-state index >= 15 is 0 Å². The molecule has 0 aromatic heterocycles. The van der Waals surface area contributed by atoms with Gasteiger partial charge in [0.1, 0.15) is 0 Å². The zero-order valence-electron chi connectivity index (χ0n) is 9.16. The van der Waals surface area contributed by atoms with Crippen molar-refractivity contribution in [2.24, 2.45) is 0 Å². The molecule has 0 radical (unpaired) electrons. The molecule has 2 heteroatoms. The normalized spacial score (nSPS) is 9.69. The van der Waals surface area contributed by atoms with Gasteiger partial charge in [-0.3, -0.25) is 0 Å². The molecule has 82 valence electrons. The van der Waals surface area contributed by atoms with Crippen molar-refractivity contribution in [3.8, 4) is 0 Å². The molecular weight excluding hydrogens is 226 g/mol. The molecule has 0 rings (SSSR count). The second-order valence-corrected chi connectivity index (χ2v) is 3.68. The Morgan fingerprint density at radius 1 is 0.692 bits per heavy atom. The molecule has 0 aliphatic heterocycles. The Kier molecular flexibility index (Phi) is 18.3. The third kappa shape index (κ3) is 15.2. The van der Waals surface area contributed by atoms with Gasteiger partial charge < -0.3 is 22.7 Å². The first kappa shape index (κ1) is 15.9. The summed E-state index contributed by atoms with van der Waals surface area (Å²) < 4.78 is 0. The van der Waals surface area contributed by atoms with Crippen LogP contribution >= 0.6 is 0 Å². The lowest BCUT2D eigenvalue weighted by Gasteiger charge is -1.99. The van der Waals surface area contributed by atoms with Crippen LogP contribution in [-0.2, 0) is 0 Å². The molecule has 0 bridgehead atoms. The topological polar surface area (TPSA) is 27.6 Å². The summed E-state index contributed by atoms with van der Waals surface area (Å²) in [7, 11) is 0. The number of unbranched alkanes of at least 4 members (excludes halogenated alkanes) is 8. The van der Waals surface area contributed by atoms with Gasteiger partial charge in [-0.25, -0.2) is 0 Å². The highest BCUT2D eigenvalue weighted by atomic mass is 79.9. The van der Waals surface area contributed by atoms with Crippen molar-refractivity contribution in [3.63, 3.8) is 0 Å². The summed E-state index contributed by atoms with van der Waals surface area (Å²) in [6, 6.07) is 0. The van der Waals surface area contributed by atoms with Crippen LogP contribution in [-0.4, -0.2) is 6.54 Å². The maximum absolute atomic E-state index is 3.84. The molecule has 3 N–H and O–H groups in total. The van der Waals surface area contributed by atoms with Gasteiger partial charge in [-0.2, -0.15) is 0 Å². The van der Waals surface area contributed by atoms with Crippen LogP contribution in [0, 0.1) is 0 Å². The molecule has 13 heavy (non-hydrogen) atoms. The Labute approximate surface area is 94.2 Å². The number of halogens is 1. The van der Waals surface area contributed by atoms with E-state index in [2.05, 4.69) is 12.7 Å². The molecule has 0 fully saturated rings. The van der Waals surface area contributed by atoms with E-state index in [0.717, 1.165) is 6.54 Å². The number of rotatable bonds is 9. The zero-order valence-corrected chi connectivity index (χ0v) is 10.7. The maximum atomic E-state index is 3.84. The molecule has 0 saturated carbocycles. The van der Waals surface area contributed by atoms with Crippen LogP contribution in [0.4, 0.5) is 0 Å². The Balaban J connectivity index is 0. The predicted octanol–water partition coefficient (Wildman–Crippen LogP) is -0.237. The highest BCUT2D eigenvalue weighted by Crippen LogP contribution is 2.08. The molecule has 0 aromatic carbocycles. The van der Waals surface area contributed by atoms with Gasteiger partial charge >= 0.3 is 0 Å². The van der Waals surface area contributed by atoms with Crippen LogP contribution in [0.5, 0.6) is 0 Å². The predicted molar refractivity (Wildman–Crippen MR) is 55.0 cm³/mol. The monoisotopic (exact) mass is 251 g/mol. The van der Waals surface area contributed by atoms with Crippen molar-refractivity contribution in [2.75, 3.05) is 6.54 Å². The number of hydrogen-bond donors (Lipinski definition) is 1. The standard InChI is InChI=1S/C11H25N.BrH/c1-2-3-4-5-6-7-8-9-10-11-12;/h2-12H2,1H3;1H. The van der Waals surface area contributed by atoms with E-state index in [0.29, 0.717) is 0 Å². The molecule has 1 nitrogen and oxygen atoms in total. The molecule has 0 spiro atoms. The van der Waals surface area contributed by atoms with Crippen molar-refractivity contribution >= 4 is 0 Å². The fraction of sp³-hybridized carbons (Fsp3) is 1.00. The van der Waals surface area contributed by atoms with Gasteiger partial charge in [0.15, 0.2) is 0 Å². The fourth-order valence-electron chi connectivity index (χ4n) is 1.49. The Bertz CT molecular complexity index is 66.5. The second kappa shape index (κ2) is 14.9. The first-order valence-electron chi connectivity index (χ1n) is 5.71. The lowest BCUT2D eigenvalue weighted by atomic mass is 10.1. The van der Waals surface area contributed by atoms with Crippen molar-refractivity contribution in [1.29, 1.82) is 0 Å². The summed E-state index contributed by atoms with van der Waals surface area (Å²) in [5.74, 6) is 0. The van der Waals surface area contributed by atoms with Gasteiger partial charge in [0, 0.05) is 0 Å². The minimum absolute atomic E-state index is 0. The van der Waals surface area contributed by atoms with Crippen LogP contribution in [0.1, 0.15) is 64.7 Å². The van der Waals surface area contributed by atoms with E-state index in [1.54, 1.807) is 0 Å². The summed E-state index contributed by atoms with van der Waals surface area (Å²) in [6.07, 6.45) is 12.8. The van der Waals surface area contributed by atoms with Crippen molar-refractivity contribution < 1.29 is 22.7 Å². The summed E-state index contributed by atoms with van der Waals surface area (Å²) >= 11 is 0. The molecule has 0 unspecified atom stereocenters. The average Bonchev–Trinajstić information content (AvgIpc) is 2.10. The molecular formula is C11H26BrN.